The molecule has 2 rings (SSSR count). The molecule has 1 aliphatic carbocycles. The molecule has 0 N–H and O–H groups in total. The van der Waals surface area contributed by atoms with E-state index in [2.05, 4.69) is 37.7 Å². The molecule has 1 aliphatic rings. The van der Waals surface area contributed by atoms with Gasteiger partial charge < -0.3 is 10.3 Å². The zero-order chi connectivity index (χ0) is 16.7. The lowest BCUT2D eigenvalue weighted by atomic mass is 9.80. The lowest BCUT2D eigenvalue weighted by Gasteiger charge is -2.25. The Hall–Kier alpha value is -2.12. The Balaban J connectivity index is 2.06. The second-order valence-corrected chi connectivity index (χ2v) is 6.68. The summed E-state index contributed by atoms with van der Waals surface area (Å²) in [5.74, 6) is 1.37. The summed E-state index contributed by atoms with van der Waals surface area (Å²) in [6.07, 6.45) is 11.2. The molecule has 0 atom stereocenters. The topological polar surface area (TPSA) is 45.6 Å². The van der Waals surface area contributed by atoms with Crippen molar-refractivity contribution in [2.75, 3.05) is 0 Å². The molecule has 1 aromatic rings. The van der Waals surface area contributed by atoms with Crippen molar-refractivity contribution < 1.29 is 9.53 Å². The molecule has 0 saturated carbocycles. The first kappa shape index (κ1) is 17.2. The number of rotatable bonds is 7. The van der Waals surface area contributed by atoms with Gasteiger partial charge in [-0.05, 0) is 35.6 Å². The van der Waals surface area contributed by atoms with Gasteiger partial charge in [-0.3, -0.25) is 0 Å². The van der Waals surface area contributed by atoms with E-state index in [1.807, 2.05) is 30.4 Å². The van der Waals surface area contributed by atoms with E-state index in [-0.39, 0.29) is 5.41 Å². The zero-order valence-electron chi connectivity index (χ0n) is 14.4. The molecule has 3 heteroatoms. The molecule has 0 bridgehead atoms. The zero-order valence-corrected chi connectivity index (χ0v) is 14.4. The van der Waals surface area contributed by atoms with Crippen LogP contribution in [0.15, 0.2) is 48.3 Å². The van der Waals surface area contributed by atoms with E-state index in [4.69, 9.17) is 10.3 Å². The Labute approximate surface area is 139 Å². The maximum Gasteiger partial charge on any atom is 0.337 e. The quantitative estimate of drug-likeness (QED) is 0.376. The monoisotopic (exact) mass is 310 g/mol. The summed E-state index contributed by atoms with van der Waals surface area (Å²) in [5, 5.41) is 0. The molecule has 0 saturated heterocycles. The van der Waals surface area contributed by atoms with E-state index in [1.165, 1.54) is 31.2 Å². The highest BCUT2D eigenvalue weighted by Crippen LogP contribution is 2.31. The van der Waals surface area contributed by atoms with E-state index < -0.39 is 0 Å². The number of nitrogens with zero attached hydrogens (tertiary/aromatic N) is 2. The van der Waals surface area contributed by atoms with Crippen LogP contribution in [-0.2, 0) is 5.41 Å². The van der Waals surface area contributed by atoms with Crippen LogP contribution in [0.25, 0.3) is 5.53 Å². The molecule has 3 nitrogen and oxygen atoms in total. The van der Waals surface area contributed by atoms with E-state index in [1.54, 1.807) is 0 Å². The Bertz CT molecular complexity index is 632. The van der Waals surface area contributed by atoms with Gasteiger partial charge in [0.05, 0.1) is 6.42 Å². The molecule has 0 spiro atoms. The van der Waals surface area contributed by atoms with Crippen molar-refractivity contribution >= 4 is 5.71 Å². The molecule has 0 heterocycles. The van der Waals surface area contributed by atoms with Crippen LogP contribution in [0, 0.1) is 0 Å². The average Bonchev–Trinajstić information content (AvgIpc) is 2.56. The number of allylic oxidation sites excluding steroid dienone is 4. The minimum absolute atomic E-state index is 0.179. The predicted octanol–water partition coefficient (Wildman–Crippen LogP) is 5.44. The number of hydrogen-bond donors (Lipinski definition) is 0. The number of benzene rings is 1. The molecule has 122 valence electrons. The van der Waals surface area contributed by atoms with Gasteiger partial charge in [-0.25, -0.2) is 0 Å². The second-order valence-electron chi connectivity index (χ2n) is 6.68. The van der Waals surface area contributed by atoms with Gasteiger partial charge in [-0.15, -0.1) is 0 Å². The van der Waals surface area contributed by atoms with E-state index in [0.717, 1.165) is 5.75 Å². The lowest BCUT2D eigenvalue weighted by Crippen LogP contribution is -2.17. The summed E-state index contributed by atoms with van der Waals surface area (Å²) in [6.45, 7) is 6.82. The van der Waals surface area contributed by atoms with Crippen LogP contribution < -0.4 is 4.74 Å². The predicted molar refractivity (Wildman–Crippen MR) is 94.7 cm³/mol. The van der Waals surface area contributed by atoms with Crippen molar-refractivity contribution in [3.05, 3.63) is 59.3 Å². The van der Waals surface area contributed by atoms with Crippen LogP contribution in [0.4, 0.5) is 0 Å². The van der Waals surface area contributed by atoms with Gasteiger partial charge in [0.15, 0.2) is 0 Å². The smallest absolute Gasteiger partial charge is 0.337 e. The molecule has 23 heavy (non-hydrogen) atoms. The van der Waals surface area contributed by atoms with E-state index in [9.17, 15) is 0 Å². The molecule has 0 fully saturated rings. The maximum absolute atomic E-state index is 9.03. The third-order valence-electron chi connectivity index (χ3n) is 4.37. The first-order valence-electron chi connectivity index (χ1n) is 8.43. The summed E-state index contributed by atoms with van der Waals surface area (Å²) < 4.78 is 5.84. The van der Waals surface area contributed by atoms with Crippen LogP contribution in [0.2, 0.25) is 0 Å². The number of ether oxygens (including phenoxy) is 1. The first-order chi connectivity index (χ1) is 11.1. The summed E-state index contributed by atoms with van der Waals surface area (Å²) in [4.78, 5) is 3.30. The molecule has 0 amide bonds. The lowest BCUT2D eigenvalue weighted by molar-refractivity contribution is -0.00931. The van der Waals surface area contributed by atoms with Crippen LogP contribution in [-0.4, -0.2) is 10.5 Å². The minimum atomic E-state index is 0.179. The Morgan fingerprint density at radius 1 is 1.17 bits per heavy atom. The fourth-order valence-electron chi connectivity index (χ4n) is 2.78. The third kappa shape index (κ3) is 4.67. The van der Waals surface area contributed by atoms with Gasteiger partial charge in [0.25, 0.3) is 0 Å². The standard InChI is InChI=1S/C20H26N2O/c1-4-5-8-15-20(2,3)16-11-13-17(14-12-16)23-19-10-7-6-9-18(19)22-21/h6-7,10-14H,4-5,8-9,15H2,1-3H3. The van der Waals surface area contributed by atoms with Crippen molar-refractivity contribution in [3.8, 4) is 5.75 Å². The highest BCUT2D eigenvalue weighted by molar-refractivity contribution is 5.96. The van der Waals surface area contributed by atoms with Gasteiger partial charge in [-0.1, -0.05) is 64.3 Å². The molecular weight excluding hydrogens is 284 g/mol. The van der Waals surface area contributed by atoms with Crippen LogP contribution in [0.1, 0.15) is 58.4 Å². The highest BCUT2D eigenvalue weighted by atomic mass is 16.5. The summed E-state index contributed by atoms with van der Waals surface area (Å²) >= 11 is 0. The van der Waals surface area contributed by atoms with Crippen molar-refractivity contribution in [1.82, 2.24) is 0 Å². The van der Waals surface area contributed by atoms with Crippen LogP contribution >= 0.6 is 0 Å². The summed E-state index contributed by atoms with van der Waals surface area (Å²) in [7, 11) is 0. The van der Waals surface area contributed by atoms with Crippen LogP contribution in [0.5, 0.6) is 5.75 Å². The molecular formula is C20H26N2O. The summed E-state index contributed by atoms with van der Waals surface area (Å²) in [6, 6.07) is 8.25. The van der Waals surface area contributed by atoms with Gasteiger partial charge in [-0.2, -0.15) is 4.79 Å². The van der Waals surface area contributed by atoms with Crippen molar-refractivity contribution in [2.24, 2.45) is 0 Å². The number of unbranched alkanes of at least 4 members (excludes halogenated alkanes) is 2. The van der Waals surface area contributed by atoms with Gasteiger partial charge >= 0.3 is 5.71 Å². The normalized spacial score (nSPS) is 14.4. The van der Waals surface area contributed by atoms with E-state index >= 15 is 0 Å². The van der Waals surface area contributed by atoms with E-state index in [0.29, 0.717) is 17.9 Å². The highest BCUT2D eigenvalue weighted by Gasteiger charge is 2.21. The Kier molecular flexibility index (Phi) is 5.95. The molecule has 0 unspecified atom stereocenters. The van der Waals surface area contributed by atoms with Crippen LogP contribution in [0.3, 0.4) is 0 Å². The molecule has 0 aromatic heterocycles. The fraction of sp³-hybridized carbons (Fsp3) is 0.450. The molecule has 1 aromatic carbocycles. The Morgan fingerprint density at radius 2 is 1.91 bits per heavy atom. The fourth-order valence-corrected chi connectivity index (χ4v) is 2.78. The molecule has 0 radical (unpaired) electrons. The van der Waals surface area contributed by atoms with Crippen molar-refractivity contribution in [2.45, 2.75) is 58.3 Å². The SMILES string of the molecule is CCCCCC(C)(C)c1ccc(OC2=CC=CCC2=[N+]=[N-])cc1. The van der Waals surface area contributed by atoms with Crippen molar-refractivity contribution in [3.63, 3.8) is 0 Å². The van der Waals surface area contributed by atoms with Gasteiger partial charge in [0.2, 0.25) is 5.76 Å². The second kappa shape index (κ2) is 7.94. The largest absolute Gasteiger partial charge is 0.449 e. The minimum Gasteiger partial charge on any atom is -0.449 e. The maximum atomic E-state index is 9.03. The summed E-state index contributed by atoms with van der Waals surface area (Å²) in [5.41, 5.74) is 11.1. The number of hydrogen-bond acceptors (Lipinski definition) is 1. The van der Waals surface area contributed by atoms with Gasteiger partial charge in [0.1, 0.15) is 5.75 Å². The average molecular weight is 310 g/mol. The van der Waals surface area contributed by atoms with Crippen molar-refractivity contribution in [1.29, 1.82) is 0 Å². The van der Waals surface area contributed by atoms with Gasteiger partial charge in [0, 0.05) is 0 Å². The first-order valence-corrected chi connectivity index (χ1v) is 8.43. The third-order valence-corrected chi connectivity index (χ3v) is 4.37. The molecule has 0 aliphatic heterocycles. The Morgan fingerprint density at radius 3 is 2.57 bits per heavy atom.